The van der Waals surface area contributed by atoms with Crippen molar-refractivity contribution in [3.8, 4) is 0 Å². The van der Waals surface area contributed by atoms with Gasteiger partial charge in [-0.25, -0.2) is 0 Å². The Morgan fingerprint density at radius 3 is 2.83 bits per heavy atom. The molecule has 2 atom stereocenters. The molecular formula is C14H18ClNO2. The second-order valence-corrected chi connectivity index (χ2v) is 5.15. The highest BCUT2D eigenvalue weighted by molar-refractivity contribution is 6.30. The molecule has 0 bridgehead atoms. The average molecular weight is 268 g/mol. The van der Waals surface area contributed by atoms with Crippen LogP contribution in [0, 0.1) is 0 Å². The summed E-state index contributed by atoms with van der Waals surface area (Å²) in [7, 11) is 0. The summed E-state index contributed by atoms with van der Waals surface area (Å²) < 4.78 is 5.55. The number of amides is 1. The van der Waals surface area contributed by atoms with Crippen molar-refractivity contribution >= 4 is 17.5 Å². The number of halogens is 1. The van der Waals surface area contributed by atoms with Crippen LogP contribution in [0.25, 0.3) is 0 Å². The van der Waals surface area contributed by atoms with Gasteiger partial charge in [-0.1, -0.05) is 23.7 Å². The molecule has 1 saturated heterocycles. The summed E-state index contributed by atoms with van der Waals surface area (Å²) in [5.41, 5.74) is 0.969. The summed E-state index contributed by atoms with van der Waals surface area (Å²) in [6.45, 7) is 2.80. The van der Waals surface area contributed by atoms with Crippen LogP contribution >= 0.6 is 11.6 Å². The first kappa shape index (κ1) is 13.4. The smallest absolute Gasteiger partial charge is 0.224 e. The maximum atomic E-state index is 11.9. The lowest BCUT2D eigenvalue weighted by Crippen LogP contribution is -2.41. The molecule has 98 valence electrons. The molecule has 0 unspecified atom stereocenters. The van der Waals surface area contributed by atoms with E-state index in [1.165, 1.54) is 0 Å². The number of hydrogen-bond acceptors (Lipinski definition) is 2. The first-order chi connectivity index (χ1) is 8.65. The normalized spacial score (nSPS) is 20.7. The molecule has 0 aliphatic carbocycles. The van der Waals surface area contributed by atoms with Crippen LogP contribution < -0.4 is 5.32 Å². The minimum absolute atomic E-state index is 0.0281. The van der Waals surface area contributed by atoms with Crippen LogP contribution in [0.5, 0.6) is 0 Å². The zero-order valence-corrected chi connectivity index (χ0v) is 11.2. The van der Waals surface area contributed by atoms with Crippen molar-refractivity contribution in [1.29, 1.82) is 0 Å². The van der Waals surface area contributed by atoms with E-state index in [-0.39, 0.29) is 18.1 Å². The van der Waals surface area contributed by atoms with E-state index in [1.807, 2.05) is 19.1 Å². The van der Waals surface area contributed by atoms with Crippen LogP contribution in [0.1, 0.15) is 25.3 Å². The van der Waals surface area contributed by atoms with Gasteiger partial charge in [0.15, 0.2) is 0 Å². The molecular weight excluding hydrogens is 250 g/mol. The van der Waals surface area contributed by atoms with Gasteiger partial charge >= 0.3 is 0 Å². The number of nitrogens with one attached hydrogen (secondary N) is 1. The molecule has 1 fully saturated rings. The highest BCUT2D eigenvalue weighted by atomic mass is 35.5. The molecule has 3 nitrogen and oxygen atoms in total. The summed E-state index contributed by atoms with van der Waals surface area (Å²) in [5, 5.41) is 3.67. The summed E-state index contributed by atoms with van der Waals surface area (Å²) in [5.74, 6) is 0.0281. The van der Waals surface area contributed by atoms with Crippen molar-refractivity contribution in [2.75, 3.05) is 6.61 Å². The van der Waals surface area contributed by atoms with Crippen LogP contribution in [0.4, 0.5) is 0 Å². The molecule has 1 heterocycles. The van der Waals surface area contributed by atoms with E-state index in [0.717, 1.165) is 25.0 Å². The Kier molecular flexibility index (Phi) is 4.61. The van der Waals surface area contributed by atoms with Crippen molar-refractivity contribution < 1.29 is 9.53 Å². The van der Waals surface area contributed by atoms with Gasteiger partial charge < -0.3 is 10.1 Å². The Morgan fingerprint density at radius 1 is 1.50 bits per heavy atom. The van der Waals surface area contributed by atoms with E-state index >= 15 is 0 Å². The third-order valence-electron chi connectivity index (χ3n) is 3.19. The number of carbonyl (C=O) groups excluding carboxylic acids is 1. The molecule has 18 heavy (non-hydrogen) atoms. The lowest BCUT2D eigenvalue weighted by molar-refractivity contribution is -0.121. The van der Waals surface area contributed by atoms with E-state index in [2.05, 4.69) is 5.32 Å². The summed E-state index contributed by atoms with van der Waals surface area (Å²) in [6, 6.07) is 7.42. The molecule has 1 aromatic rings. The van der Waals surface area contributed by atoms with Crippen LogP contribution in [-0.4, -0.2) is 24.7 Å². The predicted octanol–water partition coefficient (Wildman–Crippen LogP) is 2.57. The van der Waals surface area contributed by atoms with Gasteiger partial charge in [-0.3, -0.25) is 4.79 Å². The molecule has 1 aliphatic rings. The van der Waals surface area contributed by atoms with E-state index in [4.69, 9.17) is 16.3 Å². The number of benzene rings is 1. The van der Waals surface area contributed by atoms with Gasteiger partial charge in [0.2, 0.25) is 5.91 Å². The van der Waals surface area contributed by atoms with E-state index in [0.29, 0.717) is 11.4 Å². The molecule has 1 aromatic carbocycles. The third kappa shape index (κ3) is 3.72. The van der Waals surface area contributed by atoms with Gasteiger partial charge in [0.1, 0.15) is 0 Å². The highest BCUT2D eigenvalue weighted by Crippen LogP contribution is 2.15. The third-order valence-corrected chi connectivity index (χ3v) is 3.44. The van der Waals surface area contributed by atoms with Gasteiger partial charge in [0.05, 0.1) is 18.6 Å². The fraction of sp³-hybridized carbons (Fsp3) is 0.500. The molecule has 4 heteroatoms. The van der Waals surface area contributed by atoms with Crippen molar-refractivity contribution in [2.45, 2.75) is 38.3 Å². The zero-order chi connectivity index (χ0) is 13.0. The Morgan fingerprint density at radius 2 is 2.22 bits per heavy atom. The Labute approximate surface area is 112 Å². The van der Waals surface area contributed by atoms with Crippen molar-refractivity contribution in [1.82, 2.24) is 5.32 Å². The minimum atomic E-state index is 0.0281. The molecule has 0 aromatic heterocycles. The predicted molar refractivity (Wildman–Crippen MR) is 71.7 cm³/mol. The summed E-state index contributed by atoms with van der Waals surface area (Å²) in [6.07, 6.45) is 2.66. The number of rotatable bonds is 4. The lowest BCUT2D eigenvalue weighted by atomic mass is 10.1. The second-order valence-electron chi connectivity index (χ2n) is 4.71. The Balaban J connectivity index is 1.82. The van der Waals surface area contributed by atoms with Crippen LogP contribution in [0.15, 0.2) is 24.3 Å². The van der Waals surface area contributed by atoms with Gasteiger partial charge in [-0.15, -0.1) is 0 Å². The second kappa shape index (κ2) is 6.21. The Bertz CT molecular complexity index is 399. The van der Waals surface area contributed by atoms with Crippen LogP contribution in [-0.2, 0) is 16.0 Å². The van der Waals surface area contributed by atoms with Gasteiger partial charge in [0.25, 0.3) is 0 Å². The average Bonchev–Trinajstić information content (AvgIpc) is 2.85. The first-order valence-electron chi connectivity index (χ1n) is 6.30. The number of carbonyl (C=O) groups is 1. The van der Waals surface area contributed by atoms with Crippen LogP contribution in [0.2, 0.25) is 5.02 Å². The molecule has 0 saturated carbocycles. The molecule has 2 rings (SSSR count). The van der Waals surface area contributed by atoms with Crippen LogP contribution in [0.3, 0.4) is 0 Å². The van der Waals surface area contributed by atoms with Gasteiger partial charge in [-0.05, 0) is 37.5 Å². The van der Waals surface area contributed by atoms with Crippen molar-refractivity contribution in [3.63, 3.8) is 0 Å². The first-order valence-corrected chi connectivity index (χ1v) is 6.68. The molecule has 1 aliphatic heterocycles. The maximum Gasteiger partial charge on any atom is 0.224 e. The molecule has 1 N–H and O–H groups in total. The van der Waals surface area contributed by atoms with Crippen molar-refractivity contribution in [3.05, 3.63) is 34.9 Å². The fourth-order valence-electron chi connectivity index (χ4n) is 2.18. The number of ether oxygens (including phenoxy) is 1. The standard InChI is InChI=1S/C14H18ClNO2/c1-10(13-3-2-8-18-13)16-14(17)9-11-4-6-12(15)7-5-11/h4-7,10,13H,2-3,8-9H2,1H3,(H,16,17)/t10-,13-/m1/s1. The lowest BCUT2D eigenvalue weighted by Gasteiger charge is -2.19. The number of hydrogen-bond donors (Lipinski definition) is 1. The molecule has 1 amide bonds. The Hall–Kier alpha value is -1.06. The summed E-state index contributed by atoms with van der Waals surface area (Å²) >= 11 is 5.80. The monoisotopic (exact) mass is 267 g/mol. The fourth-order valence-corrected chi connectivity index (χ4v) is 2.31. The van der Waals surface area contributed by atoms with E-state index in [9.17, 15) is 4.79 Å². The van der Waals surface area contributed by atoms with Gasteiger partial charge in [-0.2, -0.15) is 0 Å². The van der Waals surface area contributed by atoms with E-state index in [1.54, 1.807) is 12.1 Å². The molecule has 0 radical (unpaired) electrons. The largest absolute Gasteiger partial charge is 0.376 e. The molecule has 0 spiro atoms. The SMILES string of the molecule is C[C@@H](NC(=O)Cc1ccc(Cl)cc1)[C@H]1CCCO1. The van der Waals surface area contributed by atoms with E-state index < -0.39 is 0 Å². The highest BCUT2D eigenvalue weighted by Gasteiger charge is 2.23. The van der Waals surface area contributed by atoms with Crippen molar-refractivity contribution in [2.24, 2.45) is 0 Å². The summed E-state index contributed by atoms with van der Waals surface area (Å²) in [4.78, 5) is 11.9. The quantitative estimate of drug-likeness (QED) is 0.911. The van der Waals surface area contributed by atoms with Gasteiger partial charge in [0, 0.05) is 11.6 Å². The topological polar surface area (TPSA) is 38.3 Å². The minimum Gasteiger partial charge on any atom is -0.376 e. The maximum absolute atomic E-state index is 11.9. The zero-order valence-electron chi connectivity index (χ0n) is 10.5.